The predicted octanol–water partition coefficient (Wildman–Crippen LogP) is 3.28. The predicted molar refractivity (Wildman–Crippen MR) is 75.2 cm³/mol. The highest BCUT2D eigenvalue weighted by atomic mass is 32.1. The van der Waals surface area contributed by atoms with Gasteiger partial charge in [0.2, 0.25) is 0 Å². The van der Waals surface area contributed by atoms with Crippen LogP contribution in [0.1, 0.15) is 20.9 Å². The van der Waals surface area contributed by atoms with Crippen LogP contribution < -0.4 is 10.1 Å². The number of nitrogens with one attached hydrogen (secondary N) is 1. The third-order valence-corrected chi connectivity index (χ3v) is 4.18. The van der Waals surface area contributed by atoms with Gasteiger partial charge in [-0.15, -0.1) is 11.3 Å². The van der Waals surface area contributed by atoms with Crippen molar-refractivity contribution in [1.29, 1.82) is 0 Å². The molecule has 0 atom stereocenters. The first-order valence-corrected chi connectivity index (χ1v) is 7.13. The van der Waals surface area contributed by atoms with Crippen molar-refractivity contribution in [2.75, 3.05) is 6.61 Å². The summed E-state index contributed by atoms with van der Waals surface area (Å²) in [5.74, 6) is 1.06. The van der Waals surface area contributed by atoms with E-state index < -0.39 is 0 Å². The van der Waals surface area contributed by atoms with E-state index in [1.165, 1.54) is 20.9 Å². The number of aryl methyl sites for hydroxylation is 1. The molecule has 0 saturated carbocycles. The molecule has 18 heavy (non-hydrogen) atoms. The van der Waals surface area contributed by atoms with Gasteiger partial charge in [-0.2, -0.15) is 0 Å². The SMILES string of the molecule is Cc1ccc(CNCc2ccc3c(c2)CCO3)s1. The van der Waals surface area contributed by atoms with Crippen molar-refractivity contribution >= 4 is 11.3 Å². The van der Waals surface area contributed by atoms with Crippen LogP contribution in [0.5, 0.6) is 5.75 Å². The minimum atomic E-state index is 0.834. The van der Waals surface area contributed by atoms with E-state index in [2.05, 4.69) is 42.6 Å². The Morgan fingerprint density at radius 1 is 1.22 bits per heavy atom. The fourth-order valence-electron chi connectivity index (χ4n) is 2.26. The van der Waals surface area contributed by atoms with E-state index in [0.717, 1.165) is 31.9 Å². The molecule has 1 N–H and O–H groups in total. The topological polar surface area (TPSA) is 21.3 Å². The first kappa shape index (κ1) is 11.8. The molecule has 1 aromatic heterocycles. The highest BCUT2D eigenvalue weighted by molar-refractivity contribution is 7.11. The molecular formula is C15H17NOS. The molecule has 0 spiro atoms. The Labute approximate surface area is 112 Å². The molecule has 1 aliphatic heterocycles. The molecule has 0 unspecified atom stereocenters. The van der Waals surface area contributed by atoms with Gasteiger partial charge in [-0.05, 0) is 36.2 Å². The van der Waals surface area contributed by atoms with Crippen LogP contribution in [-0.2, 0) is 19.5 Å². The summed E-state index contributed by atoms with van der Waals surface area (Å²) in [7, 11) is 0. The van der Waals surface area contributed by atoms with Crippen LogP contribution in [0, 0.1) is 6.92 Å². The number of fused-ring (bicyclic) bond motifs is 1. The summed E-state index contributed by atoms with van der Waals surface area (Å²) in [6.45, 7) is 4.85. The van der Waals surface area contributed by atoms with Crippen LogP contribution in [-0.4, -0.2) is 6.61 Å². The van der Waals surface area contributed by atoms with Gasteiger partial charge in [0.1, 0.15) is 5.75 Å². The molecule has 2 aromatic rings. The molecule has 2 nitrogen and oxygen atoms in total. The van der Waals surface area contributed by atoms with Gasteiger partial charge in [0.05, 0.1) is 6.61 Å². The maximum Gasteiger partial charge on any atom is 0.122 e. The van der Waals surface area contributed by atoms with Crippen molar-refractivity contribution < 1.29 is 4.74 Å². The molecule has 0 aliphatic carbocycles. The van der Waals surface area contributed by atoms with Gasteiger partial charge in [-0.25, -0.2) is 0 Å². The van der Waals surface area contributed by atoms with Crippen molar-refractivity contribution in [1.82, 2.24) is 5.32 Å². The van der Waals surface area contributed by atoms with Crippen LogP contribution in [0.25, 0.3) is 0 Å². The number of ether oxygens (including phenoxy) is 1. The van der Waals surface area contributed by atoms with Gasteiger partial charge in [0, 0.05) is 29.3 Å². The second-order valence-corrected chi connectivity index (χ2v) is 6.03. The Bertz CT molecular complexity index is 547. The quantitative estimate of drug-likeness (QED) is 0.910. The normalized spacial score (nSPS) is 13.4. The summed E-state index contributed by atoms with van der Waals surface area (Å²) < 4.78 is 5.51. The van der Waals surface area contributed by atoms with Crippen LogP contribution >= 0.6 is 11.3 Å². The van der Waals surface area contributed by atoms with Crippen molar-refractivity contribution in [3.63, 3.8) is 0 Å². The molecule has 3 rings (SSSR count). The lowest BCUT2D eigenvalue weighted by Crippen LogP contribution is -2.11. The second kappa shape index (κ2) is 5.12. The third kappa shape index (κ3) is 2.57. The highest BCUT2D eigenvalue weighted by Gasteiger charge is 2.11. The van der Waals surface area contributed by atoms with Crippen molar-refractivity contribution in [3.05, 3.63) is 51.2 Å². The number of hydrogen-bond donors (Lipinski definition) is 1. The molecule has 94 valence electrons. The van der Waals surface area contributed by atoms with E-state index in [9.17, 15) is 0 Å². The van der Waals surface area contributed by atoms with Gasteiger partial charge in [-0.1, -0.05) is 12.1 Å². The fourth-order valence-corrected chi connectivity index (χ4v) is 3.12. The van der Waals surface area contributed by atoms with Gasteiger partial charge in [0.15, 0.2) is 0 Å². The zero-order valence-electron chi connectivity index (χ0n) is 10.5. The Kier molecular flexibility index (Phi) is 3.35. The Hall–Kier alpha value is -1.32. The molecule has 0 bridgehead atoms. The minimum Gasteiger partial charge on any atom is -0.493 e. The summed E-state index contributed by atoms with van der Waals surface area (Å²) >= 11 is 1.86. The molecule has 3 heteroatoms. The van der Waals surface area contributed by atoms with Gasteiger partial charge in [0.25, 0.3) is 0 Å². The highest BCUT2D eigenvalue weighted by Crippen LogP contribution is 2.25. The van der Waals surface area contributed by atoms with Crippen LogP contribution in [0.15, 0.2) is 30.3 Å². The molecule has 1 aromatic carbocycles. The molecule has 0 amide bonds. The van der Waals surface area contributed by atoms with Crippen molar-refractivity contribution in [2.45, 2.75) is 26.4 Å². The van der Waals surface area contributed by atoms with Crippen LogP contribution in [0.2, 0.25) is 0 Å². The van der Waals surface area contributed by atoms with Gasteiger partial charge in [-0.3, -0.25) is 0 Å². The molecular weight excluding hydrogens is 242 g/mol. The standard InChI is InChI=1S/C15H17NOS/c1-11-2-4-14(18-11)10-16-9-12-3-5-15-13(8-12)6-7-17-15/h2-5,8,16H,6-7,9-10H2,1H3. The summed E-state index contributed by atoms with van der Waals surface area (Å²) in [5, 5.41) is 3.49. The lowest BCUT2D eigenvalue weighted by molar-refractivity contribution is 0.357. The lowest BCUT2D eigenvalue weighted by atomic mass is 10.1. The molecule has 0 fully saturated rings. The number of rotatable bonds is 4. The second-order valence-electron chi connectivity index (χ2n) is 4.66. The maximum absolute atomic E-state index is 5.51. The molecule has 0 saturated heterocycles. The summed E-state index contributed by atoms with van der Waals surface area (Å²) in [6.07, 6.45) is 1.05. The number of thiophene rings is 1. The average molecular weight is 259 g/mol. The average Bonchev–Trinajstić information content (AvgIpc) is 2.97. The van der Waals surface area contributed by atoms with Crippen LogP contribution in [0.4, 0.5) is 0 Å². The first-order chi connectivity index (χ1) is 8.81. The lowest BCUT2D eigenvalue weighted by Gasteiger charge is -2.05. The Balaban J connectivity index is 1.57. The summed E-state index contributed by atoms with van der Waals surface area (Å²) in [5.41, 5.74) is 2.69. The number of benzene rings is 1. The molecule has 2 heterocycles. The summed E-state index contributed by atoms with van der Waals surface area (Å²) in [6, 6.07) is 10.9. The minimum absolute atomic E-state index is 0.834. The monoisotopic (exact) mass is 259 g/mol. The maximum atomic E-state index is 5.51. The van der Waals surface area contributed by atoms with E-state index in [1.807, 2.05) is 11.3 Å². The number of hydrogen-bond acceptors (Lipinski definition) is 3. The van der Waals surface area contributed by atoms with E-state index in [-0.39, 0.29) is 0 Å². The fraction of sp³-hybridized carbons (Fsp3) is 0.333. The zero-order valence-corrected chi connectivity index (χ0v) is 11.3. The van der Waals surface area contributed by atoms with E-state index in [1.54, 1.807) is 0 Å². The Morgan fingerprint density at radius 2 is 2.17 bits per heavy atom. The van der Waals surface area contributed by atoms with Crippen molar-refractivity contribution in [2.24, 2.45) is 0 Å². The first-order valence-electron chi connectivity index (χ1n) is 6.32. The van der Waals surface area contributed by atoms with Crippen molar-refractivity contribution in [3.8, 4) is 5.75 Å². The van der Waals surface area contributed by atoms with E-state index in [0.29, 0.717) is 0 Å². The summed E-state index contributed by atoms with van der Waals surface area (Å²) in [4.78, 5) is 2.78. The largest absolute Gasteiger partial charge is 0.493 e. The van der Waals surface area contributed by atoms with Crippen LogP contribution in [0.3, 0.4) is 0 Å². The van der Waals surface area contributed by atoms with E-state index in [4.69, 9.17) is 4.74 Å². The molecule has 0 radical (unpaired) electrons. The Morgan fingerprint density at radius 3 is 3.00 bits per heavy atom. The molecule has 1 aliphatic rings. The van der Waals surface area contributed by atoms with Gasteiger partial charge < -0.3 is 10.1 Å². The smallest absolute Gasteiger partial charge is 0.122 e. The third-order valence-electron chi connectivity index (χ3n) is 3.18. The zero-order chi connectivity index (χ0) is 12.4. The van der Waals surface area contributed by atoms with E-state index >= 15 is 0 Å². The van der Waals surface area contributed by atoms with Gasteiger partial charge >= 0.3 is 0 Å².